The highest BCUT2D eigenvalue weighted by atomic mass is 16.5. The van der Waals surface area contributed by atoms with E-state index in [1.165, 1.54) is 12.8 Å². The van der Waals surface area contributed by atoms with Crippen LogP contribution in [0.4, 0.5) is 0 Å². The van der Waals surface area contributed by atoms with E-state index in [0.29, 0.717) is 23.3 Å². The molecule has 2 aliphatic rings. The maximum atomic E-state index is 12.8. The third kappa shape index (κ3) is 2.91. The Bertz CT molecular complexity index is 509. The summed E-state index contributed by atoms with van der Waals surface area (Å²) in [6.45, 7) is 6.46. The van der Waals surface area contributed by atoms with E-state index in [4.69, 9.17) is 4.74 Å². The van der Waals surface area contributed by atoms with Crippen LogP contribution in [0.25, 0.3) is 0 Å². The largest absolute Gasteiger partial charge is 0.493 e. The predicted octanol–water partition coefficient (Wildman–Crippen LogP) is 2.30. The molecule has 0 radical (unpaired) electrons. The molecule has 3 rings (SSSR count). The fourth-order valence-corrected chi connectivity index (χ4v) is 3.57. The van der Waals surface area contributed by atoms with E-state index in [2.05, 4.69) is 5.32 Å². The molecule has 0 aromatic heterocycles. The molecule has 21 heavy (non-hydrogen) atoms. The van der Waals surface area contributed by atoms with Gasteiger partial charge in [-0.1, -0.05) is 12.1 Å². The van der Waals surface area contributed by atoms with Gasteiger partial charge in [0.05, 0.1) is 12.2 Å². The van der Waals surface area contributed by atoms with Crippen LogP contribution in [-0.2, 0) is 0 Å². The first-order valence-corrected chi connectivity index (χ1v) is 7.96. The number of likely N-dealkylation sites (tertiary alicyclic amines) is 1. The van der Waals surface area contributed by atoms with Crippen molar-refractivity contribution in [1.29, 1.82) is 0 Å². The molecule has 114 valence electrons. The second-order valence-corrected chi connectivity index (χ2v) is 6.16. The van der Waals surface area contributed by atoms with E-state index < -0.39 is 0 Å². The Morgan fingerprint density at radius 1 is 1.29 bits per heavy atom. The third-order valence-electron chi connectivity index (χ3n) is 4.81. The van der Waals surface area contributed by atoms with Gasteiger partial charge in [-0.3, -0.25) is 4.79 Å². The number of nitrogens with one attached hydrogen (secondary N) is 1. The lowest BCUT2D eigenvalue weighted by Crippen LogP contribution is -2.39. The van der Waals surface area contributed by atoms with Gasteiger partial charge in [0.15, 0.2) is 0 Å². The molecule has 2 fully saturated rings. The fraction of sp³-hybridized carbons (Fsp3) is 0.588. The molecule has 2 saturated heterocycles. The van der Waals surface area contributed by atoms with Crippen molar-refractivity contribution in [3.8, 4) is 5.75 Å². The van der Waals surface area contributed by atoms with E-state index >= 15 is 0 Å². The van der Waals surface area contributed by atoms with Crippen molar-refractivity contribution in [3.63, 3.8) is 0 Å². The van der Waals surface area contributed by atoms with Crippen molar-refractivity contribution >= 4 is 5.91 Å². The highest BCUT2D eigenvalue weighted by Gasteiger charge is 2.40. The van der Waals surface area contributed by atoms with E-state index in [9.17, 15) is 4.79 Å². The Morgan fingerprint density at radius 2 is 2.05 bits per heavy atom. The summed E-state index contributed by atoms with van der Waals surface area (Å²) in [4.78, 5) is 14.8. The molecule has 0 saturated carbocycles. The summed E-state index contributed by atoms with van der Waals surface area (Å²) in [5, 5.41) is 3.41. The zero-order chi connectivity index (χ0) is 14.7. The number of nitrogens with zero attached hydrogens (tertiary/aromatic N) is 1. The van der Waals surface area contributed by atoms with E-state index in [0.717, 1.165) is 32.6 Å². The van der Waals surface area contributed by atoms with Gasteiger partial charge < -0.3 is 15.0 Å². The molecule has 2 heterocycles. The Hall–Kier alpha value is -1.55. The molecule has 1 amide bonds. The van der Waals surface area contributed by atoms with Gasteiger partial charge in [-0.15, -0.1) is 0 Å². The highest BCUT2D eigenvalue weighted by Crippen LogP contribution is 2.39. The van der Waals surface area contributed by atoms with Crippen LogP contribution in [0.5, 0.6) is 5.75 Å². The monoisotopic (exact) mass is 288 g/mol. The number of carbonyl (C=O) groups is 1. The van der Waals surface area contributed by atoms with E-state index in [-0.39, 0.29) is 5.91 Å². The first-order valence-electron chi connectivity index (χ1n) is 7.96. The molecule has 0 unspecified atom stereocenters. The molecule has 1 spiro atoms. The Balaban J connectivity index is 1.74. The van der Waals surface area contributed by atoms with Crippen LogP contribution >= 0.6 is 0 Å². The second-order valence-electron chi connectivity index (χ2n) is 6.16. The molecular formula is C17H24N2O2. The summed E-state index contributed by atoms with van der Waals surface area (Å²) in [7, 11) is 0. The number of carbonyl (C=O) groups excluding carboxylic acids is 1. The molecule has 0 atom stereocenters. The van der Waals surface area contributed by atoms with Crippen LogP contribution in [0.1, 0.15) is 36.5 Å². The first kappa shape index (κ1) is 14.4. The number of amides is 1. The third-order valence-corrected chi connectivity index (χ3v) is 4.81. The highest BCUT2D eigenvalue weighted by molar-refractivity contribution is 5.97. The van der Waals surface area contributed by atoms with Crippen LogP contribution in [0.3, 0.4) is 0 Å². The van der Waals surface area contributed by atoms with Crippen molar-refractivity contribution in [2.24, 2.45) is 5.41 Å². The maximum Gasteiger partial charge on any atom is 0.257 e. The maximum absolute atomic E-state index is 12.8. The summed E-state index contributed by atoms with van der Waals surface area (Å²) >= 11 is 0. The summed E-state index contributed by atoms with van der Waals surface area (Å²) in [6.07, 6.45) is 3.50. The minimum absolute atomic E-state index is 0.120. The lowest BCUT2D eigenvalue weighted by Gasteiger charge is -2.33. The van der Waals surface area contributed by atoms with E-state index in [1.807, 2.05) is 36.1 Å². The summed E-state index contributed by atoms with van der Waals surface area (Å²) in [5.41, 5.74) is 1.05. The van der Waals surface area contributed by atoms with Crippen molar-refractivity contribution in [3.05, 3.63) is 29.8 Å². The molecule has 1 N–H and O–H groups in total. The van der Waals surface area contributed by atoms with Gasteiger partial charge >= 0.3 is 0 Å². The van der Waals surface area contributed by atoms with Gasteiger partial charge in [-0.2, -0.15) is 0 Å². The average Bonchev–Trinajstić information content (AvgIpc) is 2.92. The van der Waals surface area contributed by atoms with Gasteiger partial charge in [0, 0.05) is 13.1 Å². The number of benzene rings is 1. The predicted molar refractivity (Wildman–Crippen MR) is 82.7 cm³/mol. The van der Waals surface area contributed by atoms with Gasteiger partial charge in [0.1, 0.15) is 5.75 Å². The number of hydrogen-bond donors (Lipinski definition) is 1. The van der Waals surface area contributed by atoms with Gasteiger partial charge in [0.25, 0.3) is 5.91 Å². The molecule has 0 bridgehead atoms. The molecular weight excluding hydrogens is 264 g/mol. The number of rotatable bonds is 3. The van der Waals surface area contributed by atoms with Crippen LogP contribution in [0, 0.1) is 5.41 Å². The lowest BCUT2D eigenvalue weighted by molar-refractivity contribution is 0.0757. The normalized spacial score (nSPS) is 20.7. The topological polar surface area (TPSA) is 41.6 Å². The lowest BCUT2D eigenvalue weighted by atomic mass is 9.78. The molecule has 1 aromatic carbocycles. The standard InChI is InChI=1S/C17H24N2O2/c1-2-21-15-6-4-3-5-14(15)16(20)19-12-9-17(13-19)7-10-18-11-8-17/h3-6,18H,2,7-13H2,1H3. The minimum Gasteiger partial charge on any atom is -0.493 e. The number of hydrogen-bond acceptors (Lipinski definition) is 3. The van der Waals surface area contributed by atoms with Crippen LogP contribution in [0.15, 0.2) is 24.3 Å². The molecule has 0 aliphatic carbocycles. The number of piperidine rings is 1. The smallest absolute Gasteiger partial charge is 0.257 e. The van der Waals surface area contributed by atoms with Crippen molar-refractivity contribution < 1.29 is 9.53 Å². The SMILES string of the molecule is CCOc1ccccc1C(=O)N1CCC2(CCNCC2)C1. The van der Waals surface area contributed by atoms with Crippen molar-refractivity contribution in [2.45, 2.75) is 26.2 Å². The fourth-order valence-electron chi connectivity index (χ4n) is 3.57. The number of ether oxygens (including phenoxy) is 1. The average molecular weight is 288 g/mol. The van der Waals surface area contributed by atoms with Crippen LogP contribution in [0.2, 0.25) is 0 Å². The van der Waals surface area contributed by atoms with Crippen LogP contribution in [-0.4, -0.2) is 43.6 Å². The summed E-state index contributed by atoms with van der Waals surface area (Å²) in [6, 6.07) is 7.58. The first-order chi connectivity index (χ1) is 10.2. The number of para-hydroxylation sites is 1. The van der Waals surface area contributed by atoms with Crippen molar-refractivity contribution in [2.75, 3.05) is 32.8 Å². The van der Waals surface area contributed by atoms with Gasteiger partial charge in [-0.25, -0.2) is 0 Å². The quantitative estimate of drug-likeness (QED) is 0.928. The second kappa shape index (κ2) is 6.06. The van der Waals surface area contributed by atoms with E-state index in [1.54, 1.807) is 0 Å². The summed E-state index contributed by atoms with van der Waals surface area (Å²) in [5.74, 6) is 0.825. The molecule has 1 aromatic rings. The van der Waals surface area contributed by atoms with Gasteiger partial charge in [0.2, 0.25) is 0 Å². The summed E-state index contributed by atoms with van der Waals surface area (Å²) < 4.78 is 5.60. The van der Waals surface area contributed by atoms with Crippen LogP contribution < -0.4 is 10.1 Å². The zero-order valence-electron chi connectivity index (χ0n) is 12.7. The molecule has 4 nitrogen and oxygen atoms in total. The molecule has 4 heteroatoms. The van der Waals surface area contributed by atoms with Crippen molar-refractivity contribution in [1.82, 2.24) is 10.2 Å². The molecule has 2 aliphatic heterocycles. The Labute approximate surface area is 126 Å². The van der Waals surface area contributed by atoms with Gasteiger partial charge in [-0.05, 0) is 56.8 Å². The Morgan fingerprint density at radius 3 is 2.81 bits per heavy atom. The Kier molecular flexibility index (Phi) is 4.15. The minimum atomic E-state index is 0.120. The zero-order valence-corrected chi connectivity index (χ0v) is 12.7.